The maximum Gasteiger partial charge on any atom is 0.248 e. The molecule has 1 aromatic carbocycles. The molecular weight excluding hydrogens is 504 g/mol. The zero-order valence-electron chi connectivity index (χ0n) is 21.4. The molecule has 3 aromatic heterocycles. The quantitative estimate of drug-likeness (QED) is 0.325. The molecule has 38 heavy (non-hydrogen) atoms. The van der Waals surface area contributed by atoms with Gasteiger partial charge >= 0.3 is 0 Å². The zero-order chi connectivity index (χ0) is 26.5. The van der Waals surface area contributed by atoms with Crippen molar-refractivity contribution < 1.29 is 18.7 Å². The van der Waals surface area contributed by atoms with Crippen molar-refractivity contribution in [2.75, 3.05) is 7.11 Å². The SMILES string of the molecule is COc1ccc(CN(C(=O)Cn2nnc(-c3ccc(C)o3)n2)[C@H](C(=O)NC2CCCC2)c2cccs2)cc1. The van der Waals surface area contributed by atoms with E-state index in [0.717, 1.165) is 41.9 Å². The van der Waals surface area contributed by atoms with Gasteiger partial charge in [-0.05, 0) is 66.3 Å². The third kappa shape index (κ3) is 5.94. The lowest BCUT2D eigenvalue weighted by molar-refractivity contribution is -0.142. The Kier molecular flexibility index (Phi) is 7.83. The molecule has 0 radical (unpaired) electrons. The van der Waals surface area contributed by atoms with Crippen LogP contribution < -0.4 is 10.1 Å². The summed E-state index contributed by atoms with van der Waals surface area (Å²) in [6.45, 7) is 1.87. The number of nitrogens with zero attached hydrogens (tertiary/aromatic N) is 5. The molecule has 5 rings (SSSR count). The summed E-state index contributed by atoms with van der Waals surface area (Å²) in [4.78, 5) is 31.2. The Hall–Kier alpha value is -3.99. The number of thiophene rings is 1. The van der Waals surface area contributed by atoms with Crippen molar-refractivity contribution in [3.8, 4) is 17.3 Å². The Morgan fingerprint density at radius 1 is 1.18 bits per heavy atom. The van der Waals surface area contributed by atoms with E-state index in [9.17, 15) is 9.59 Å². The van der Waals surface area contributed by atoms with Crippen molar-refractivity contribution >= 4 is 23.2 Å². The average molecular weight is 535 g/mol. The molecule has 0 spiro atoms. The number of rotatable bonds is 10. The number of aryl methyl sites for hydroxylation is 1. The Morgan fingerprint density at radius 3 is 2.63 bits per heavy atom. The second kappa shape index (κ2) is 11.6. The zero-order valence-corrected chi connectivity index (χ0v) is 22.2. The second-order valence-electron chi connectivity index (χ2n) is 9.33. The number of tetrazole rings is 1. The van der Waals surface area contributed by atoms with Gasteiger partial charge in [-0.2, -0.15) is 4.80 Å². The standard InChI is InChI=1S/C27H30N6O4S/c1-18-9-14-22(37-18)26-29-31-33(30-26)17-24(34)32(16-19-10-12-21(36-2)13-11-19)25(23-8-5-15-38-23)27(35)28-20-6-3-4-7-20/h5,8-15,20,25H,3-4,6-7,16-17H2,1-2H3,(H,28,35)/t25-/m0/s1. The summed E-state index contributed by atoms with van der Waals surface area (Å²) in [5.41, 5.74) is 0.868. The Balaban J connectivity index is 1.43. The van der Waals surface area contributed by atoms with E-state index in [4.69, 9.17) is 9.15 Å². The largest absolute Gasteiger partial charge is 0.497 e. The van der Waals surface area contributed by atoms with Crippen LogP contribution in [-0.4, -0.2) is 50.1 Å². The minimum Gasteiger partial charge on any atom is -0.497 e. The van der Waals surface area contributed by atoms with Crippen LogP contribution in [-0.2, 0) is 22.7 Å². The summed E-state index contributed by atoms with van der Waals surface area (Å²) in [5, 5.41) is 17.5. The lowest BCUT2D eigenvalue weighted by Gasteiger charge is -2.31. The summed E-state index contributed by atoms with van der Waals surface area (Å²) in [5.74, 6) is 1.73. The van der Waals surface area contributed by atoms with Crippen LogP contribution >= 0.6 is 11.3 Å². The lowest BCUT2D eigenvalue weighted by Crippen LogP contribution is -2.46. The third-order valence-corrected chi connectivity index (χ3v) is 7.52. The lowest BCUT2D eigenvalue weighted by atomic mass is 10.1. The Bertz CT molecular complexity index is 1360. The molecule has 1 fully saturated rings. The summed E-state index contributed by atoms with van der Waals surface area (Å²) >= 11 is 1.45. The molecule has 0 saturated heterocycles. The van der Waals surface area contributed by atoms with Crippen molar-refractivity contribution in [1.29, 1.82) is 0 Å². The van der Waals surface area contributed by atoms with Gasteiger partial charge in [-0.3, -0.25) is 9.59 Å². The van der Waals surface area contributed by atoms with Crippen LogP contribution in [0.5, 0.6) is 5.75 Å². The molecule has 1 N–H and O–H groups in total. The fourth-order valence-electron chi connectivity index (χ4n) is 4.65. The van der Waals surface area contributed by atoms with E-state index in [-0.39, 0.29) is 30.9 Å². The first-order valence-electron chi connectivity index (χ1n) is 12.6. The molecule has 10 nitrogen and oxygen atoms in total. The minimum atomic E-state index is -0.791. The van der Waals surface area contributed by atoms with Gasteiger partial charge in [0.25, 0.3) is 0 Å². The van der Waals surface area contributed by atoms with Crippen molar-refractivity contribution in [3.05, 3.63) is 70.1 Å². The molecule has 0 aliphatic heterocycles. The molecule has 1 atom stereocenters. The van der Waals surface area contributed by atoms with Gasteiger partial charge in [0.15, 0.2) is 5.76 Å². The molecule has 1 aliphatic rings. The number of amides is 2. The van der Waals surface area contributed by atoms with E-state index < -0.39 is 6.04 Å². The number of hydrogen-bond donors (Lipinski definition) is 1. The van der Waals surface area contributed by atoms with E-state index in [1.807, 2.05) is 54.8 Å². The van der Waals surface area contributed by atoms with Crippen LogP contribution in [0.3, 0.4) is 0 Å². The number of carbonyl (C=O) groups is 2. The molecule has 2 amide bonds. The van der Waals surface area contributed by atoms with Gasteiger partial charge in [-0.15, -0.1) is 21.5 Å². The number of carbonyl (C=O) groups excluding carboxylic acids is 2. The highest BCUT2D eigenvalue weighted by molar-refractivity contribution is 7.10. The number of methoxy groups -OCH3 is 1. The number of benzene rings is 1. The molecular formula is C27H30N6O4S. The summed E-state index contributed by atoms with van der Waals surface area (Å²) in [6, 6.07) is 14.2. The topological polar surface area (TPSA) is 115 Å². The highest BCUT2D eigenvalue weighted by Gasteiger charge is 2.34. The number of ether oxygens (including phenoxy) is 1. The highest BCUT2D eigenvalue weighted by Crippen LogP contribution is 2.29. The number of nitrogens with one attached hydrogen (secondary N) is 1. The Morgan fingerprint density at radius 2 is 1.97 bits per heavy atom. The normalized spacial score (nSPS) is 14.4. The first-order chi connectivity index (χ1) is 18.5. The van der Waals surface area contributed by atoms with E-state index in [1.165, 1.54) is 16.1 Å². The van der Waals surface area contributed by atoms with Gasteiger partial charge in [-0.1, -0.05) is 31.0 Å². The van der Waals surface area contributed by atoms with Crippen LogP contribution in [0.1, 0.15) is 47.9 Å². The molecule has 0 bridgehead atoms. The van der Waals surface area contributed by atoms with Crippen molar-refractivity contribution in [1.82, 2.24) is 30.4 Å². The molecule has 1 saturated carbocycles. The molecule has 4 aromatic rings. The monoisotopic (exact) mass is 534 g/mol. The molecule has 198 valence electrons. The van der Waals surface area contributed by atoms with Gasteiger partial charge in [0.2, 0.25) is 17.6 Å². The Labute approximate surface area is 224 Å². The van der Waals surface area contributed by atoms with E-state index in [2.05, 4.69) is 20.7 Å². The number of hydrogen-bond acceptors (Lipinski definition) is 8. The van der Waals surface area contributed by atoms with Crippen LogP contribution in [0.15, 0.2) is 58.3 Å². The summed E-state index contributed by atoms with van der Waals surface area (Å²) in [7, 11) is 1.61. The minimum absolute atomic E-state index is 0.124. The molecule has 3 heterocycles. The first kappa shape index (κ1) is 25.7. The summed E-state index contributed by atoms with van der Waals surface area (Å²) in [6.07, 6.45) is 4.09. The predicted octanol–water partition coefficient (Wildman–Crippen LogP) is 4.14. The van der Waals surface area contributed by atoms with Crippen LogP contribution in [0.25, 0.3) is 11.6 Å². The van der Waals surface area contributed by atoms with Crippen LogP contribution in [0, 0.1) is 6.92 Å². The molecule has 1 aliphatic carbocycles. The maximum absolute atomic E-state index is 13.8. The van der Waals surface area contributed by atoms with E-state index >= 15 is 0 Å². The highest BCUT2D eigenvalue weighted by atomic mass is 32.1. The summed E-state index contributed by atoms with van der Waals surface area (Å²) < 4.78 is 10.9. The predicted molar refractivity (Wildman–Crippen MR) is 141 cm³/mol. The van der Waals surface area contributed by atoms with Crippen LogP contribution in [0.4, 0.5) is 0 Å². The fraction of sp³-hybridized carbons (Fsp3) is 0.370. The second-order valence-corrected chi connectivity index (χ2v) is 10.3. The van der Waals surface area contributed by atoms with Crippen molar-refractivity contribution in [3.63, 3.8) is 0 Å². The average Bonchev–Trinajstić information content (AvgIpc) is 3.73. The smallest absolute Gasteiger partial charge is 0.248 e. The van der Waals surface area contributed by atoms with Gasteiger partial charge in [0, 0.05) is 17.5 Å². The van der Waals surface area contributed by atoms with Crippen molar-refractivity contribution in [2.24, 2.45) is 0 Å². The van der Waals surface area contributed by atoms with E-state index in [0.29, 0.717) is 17.3 Å². The molecule has 0 unspecified atom stereocenters. The van der Waals surface area contributed by atoms with Gasteiger partial charge in [0.1, 0.15) is 24.1 Å². The van der Waals surface area contributed by atoms with Gasteiger partial charge in [-0.25, -0.2) is 0 Å². The van der Waals surface area contributed by atoms with Gasteiger partial charge in [0.05, 0.1) is 7.11 Å². The molecule has 11 heteroatoms. The van der Waals surface area contributed by atoms with Crippen molar-refractivity contribution in [2.45, 2.75) is 57.8 Å². The fourth-order valence-corrected chi connectivity index (χ4v) is 5.48. The van der Waals surface area contributed by atoms with Gasteiger partial charge < -0.3 is 19.4 Å². The van der Waals surface area contributed by atoms with E-state index in [1.54, 1.807) is 18.1 Å². The first-order valence-corrected chi connectivity index (χ1v) is 13.5. The third-order valence-electron chi connectivity index (χ3n) is 6.60. The number of furan rings is 1. The van der Waals surface area contributed by atoms with Crippen LogP contribution in [0.2, 0.25) is 0 Å². The maximum atomic E-state index is 13.8. The number of aromatic nitrogens is 4.